The Balaban J connectivity index is 0.00000784. The number of alkyl carbamates (subject to hydrolysis) is 1. The number of carbonyl (C=O) groups excluding carboxylic acids is 1. The van der Waals surface area contributed by atoms with Gasteiger partial charge in [-0.2, -0.15) is 0 Å². The van der Waals surface area contributed by atoms with E-state index < -0.39 is 17.2 Å². The summed E-state index contributed by atoms with van der Waals surface area (Å²) in [6.07, 6.45) is 5.31. The van der Waals surface area contributed by atoms with Crippen molar-refractivity contribution < 1.29 is 14.3 Å². The minimum absolute atomic E-state index is 0. The molecule has 1 heterocycles. The first kappa shape index (κ1) is 28.0. The standard InChI is InChI=1S/C21H40N4O3.HI/c1-7-21(8-2,25-19(26)28-20(4,5)6)16-24-18(22-9-3)23-13-10-17-11-14-27-15-12-17;/h11H,7-10,12-16H2,1-6H3,(H,25,26)(H2,22,23,24);1H. The van der Waals surface area contributed by atoms with Crippen LogP contribution in [-0.2, 0) is 9.47 Å². The minimum atomic E-state index is -0.518. The first-order chi connectivity index (χ1) is 13.2. The van der Waals surface area contributed by atoms with Crippen molar-refractivity contribution in [2.24, 2.45) is 4.99 Å². The van der Waals surface area contributed by atoms with Crippen molar-refractivity contribution in [3.05, 3.63) is 11.6 Å². The Bertz CT molecular complexity index is 541. The molecule has 0 aromatic rings. The molecule has 0 spiro atoms. The molecule has 0 bridgehead atoms. The van der Waals surface area contributed by atoms with E-state index in [9.17, 15) is 4.79 Å². The van der Waals surface area contributed by atoms with Crippen molar-refractivity contribution in [2.75, 3.05) is 32.8 Å². The molecule has 0 saturated carbocycles. The Kier molecular flexibility index (Phi) is 13.6. The summed E-state index contributed by atoms with van der Waals surface area (Å²) in [5, 5.41) is 9.72. The van der Waals surface area contributed by atoms with Crippen LogP contribution in [0.15, 0.2) is 16.6 Å². The highest BCUT2D eigenvalue weighted by molar-refractivity contribution is 14.0. The molecule has 7 nitrogen and oxygen atoms in total. The van der Waals surface area contributed by atoms with Crippen LogP contribution in [0.2, 0.25) is 0 Å². The van der Waals surface area contributed by atoms with Crippen molar-refractivity contribution >= 4 is 36.0 Å². The van der Waals surface area contributed by atoms with E-state index in [1.165, 1.54) is 5.57 Å². The number of carbonyl (C=O) groups is 1. The number of ether oxygens (including phenoxy) is 2. The van der Waals surface area contributed by atoms with Gasteiger partial charge in [-0.1, -0.05) is 25.5 Å². The third-order valence-corrected chi connectivity index (χ3v) is 4.80. The summed E-state index contributed by atoms with van der Waals surface area (Å²) < 4.78 is 10.8. The fourth-order valence-corrected chi connectivity index (χ4v) is 2.92. The Morgan fingerprint density at radius 2 is 1.90 bits per heavy atom. The highest BCUT2D eigenvalue weighted by Gasteiger charge is 2.30. The number of amides is 1. The van der Waals surface area contributed by atoms with Crippen molar-refractivity contribution in [3.8, 4) is 0 Å². The number of aliphatic imine (C=N–C) groups is 1. The maximum Gasteiger partial charge on any atom is 0.408 e. The average molecular weight is 524 g/mol. The van der Waals surface area contributed by atoms with Gasteiger partial charge in [0.25, 0.3) is 0 Å². The highest BCUT2D eigenvalue weighted by Crippen LogP contribution is 2.18. The lowest BCUT2D eigenvalue weighted by molar-refractivity contribution is 0.0452. The van der Waals surface area contributed by atoms with Gasteiger partial charge in [-0.25, -0.2) is 4.79 Å². The monoisotopic (exact) mass is 524 g/mol. The second kappa shape index (κ2) is 14.1. The SMILES string of the molecule is CCNC(=NCC(CC)(CC)NC(=O)OC(C)(C)C)NCCC1=CCOCC1.I. The molecule has 0 aromatic heterocycles. The van der Waals surface area contributed by atoms with E-state index in [-0.39, 0.29) is 24.0 Å². The van der Waals surface area contributed by atoms with Crippen LogP contribution in [0.4, 0.5) is 4.79 Å². The molecule has 1 aliphatic rings. The van der Waals surface area contributed by atoms with Crippen molar-refractivity contribution in [1.82, 2.24) is 16.0 Å². The molecular weight excluding hydrogens is 483 g/mol. The Labute approximate surface area is 193 Å². The molecule has 0 unspecified atom stereocenters. The molecular formula is C21H41IN4O3. The smallest absolute Gasteiger partial charge is 0.408 e. The van der Waals surface area contributed by atoms with Crippen LogP contribution in [0, 0.1) is 0 Å². The third kappa shape index (κ3) is 11.7. The number of hydrogen-bond acceptors (Lipinski definition) is 4. The predicted octanol–water partition coefficient (Wildman–Crippen LogP) is 3.98. The second-order valence-corrected chi connectivity index (χ2v) is 8.17. The zero-order valence-electron chi connectivity index (χ0n) is 19.0. The van der Waals surface area contributed by atoms with Crippen molar-refractivity contribution in [3.63, 3.8) is 0 Å². The molecule has 1 amide bonds. The zero-order valence-corrected chi connectivity index (χ0v) is 21.4. The van der Waals surface area contributed by atoms with E-state index in [0.717, 1.165) is 57.9 Å². The molecule has 3 N–H and O–H groups in total. The summed E-state index contributed by atoms with van der Waals surface area (Å²) in [5.74, 6) is 0.771. The second-order valence-electron chi connectivity index (χ2n) is 8.17. The zero-order chi connectivity index (χ0) is 21.0. The van der Waals surface area contributed by atoms with E-state index in [4.69, 9.17) is 14.5 Å². The lowest BCUT2D eigenvalue weighted by atomic mass is 9.93. The summed E-state index contributed by atoms with van der Waals surface area (Å²) in [7, 11) is 0. The van der Waals surface area contributed by atoms with Gasteiger partial charge in [0.15, 0.2) is 5.96 Å². The molecule has 0 fully saturated rings. The van der Waals surface area contributed by atoms with Gasteiger partial charge in [-0.15, -0.1) is 24.0 Å². The van der Waals surface area contributed by atoms with Crippen LogP contribution in [-0.4, -0.2) is 56.0 Å². The predicted molar refractivity (Wildman–Crippen MR) is 130 cm³/mol. The van der Waals surface area contributed by atoms with E-state index in [1.807, 2.05) is 27.7 Å². The molecule has 0 radical (unpaired) electrons. The molecule has 8 heteroatoms. The lowest BCUT2D eigenvalue weighted by Crippen LogP contribution is -2.52. The summed E-state index contributed by atoms with van der Waals surface area (Å²) in [4.78, 5) is 17.0. The average Bonchev–Trinajstić information content (AvgIpc) is 2.64. The normalized spacial score (nSPS) is 15.1. The minimum Gasteiger partial charge on any atom is -0.444 e. The van der Waals surface area contributed by atoms with Gasteiger partial charge in [0.1, 0.15) is 5.60 Å². The Hall–Kier alpha value is -1.03. The molecule has 0 saturated heterocycles. The highest BCUT2D eigenvalue weighted by atomic mass is 127. The van der Waals surface area contributed by atoms with Crippen LogP contribution < -0.4 is 16.0 Å². The lowest BCUT2D eigenvalue weighted by Gasteiger charge is -2.32. The van der Waals surface area contributed by atoms with Gasteiger partial charge in [0.05, 0.1) is 25.3 Å². The Morgan fingerprint density at radius 1 is 1.21 bits per heavy atom. The molecule has 1 aliphatic heterocycles. The topological polar surface area (TPSA) is 84.0 Å². The summed E-state index contributed by atoms with van der Waals surface area (Å²) in [6.45, 7) is 15.4. The molecule has 0 aliphatic carbocycles. The number of nitrogens with zero attached hydrogens (tertiary/aromatic N) is 1. The first-order valence-corrected chi connectivity index (χ1v) is 10.5. The van der Waals surface area contributed by atoms with Crippen LogP contribution in [0.3, 0.4) is 0 Å². The molecule has 170 valence electrons. The molecule has 1 rings (SSSR count). The number of hydrogen-bond donors (Lipinski definition) is 3. The molecule has 0 aromatic carbocycles. The molecule has 0 atom stereocenters. The maximum absolute atomic E-state index is 12.3. The quantitative estimate of drug-likeness (QED) is 0.184. The fraction of sp³-hybridized carbons (Fsp3) is 0.810. The van der Waals surface area contributed by atoms with E-state index in [0.29, 0.717) is 6.54 Å². The van der Waals surface area contributed by atoms with Gasteiger partial charge >= 0.3 is 6.09 Å². The van der Waals surface area contributed by atoms with Crippen molar-refractivity contribution in [1.29, 1.82) is 0 Å². The maximum atomic E-state index is 12.3. The van der Waals surface area contributed by atoms with E-state index >= 15 is 0 Å². The van der Waals surface area contributed by atoms with E-state index in [1.54, 1.807) is 0 Å². The van der Waals surface area contributed by atoms with Gasteiger partial charge in [-0.3, -0.25) is 4.99 Å². The van der Waals surface area contributed by atoms with Crippen LogP contribution in [0.1, 0.15) is 67.2 Å². The molecule has 29 heavy (non-hydrogen) atoms. The largest absolute Gasteiger partial charge is 0.444 e. The van der Waals surface area contributed by atoms with Gasteiger partial charge in [-0.05, 0) is 53.4 Å². The van der Waals surface area contributed by atoms with Crippen LogP contribution in [0.5, 0.6) is 0 Å². The summed E-state index contributed by atoms with van der Waals surface area (Å²) in [5.41, 5.74) is 0.488. The van der Waals surface area contributed by atoms with Crippen LogP contribution in [0.25, 0.3) is 0 Å². The first-order valence-electron chi connectivity index (χ1n) is 10.5. The van der Waals surface area contributed by atoms with Gasteiger partial charge in [0, 0.05) is 13.1 Å². The Morgan fingerprint density at radius 3 is 2.41 bits per heavy atom. The van der Waals surface area contributed by atoms with Gasteiger partial charge < -0.3 is 25.4 Å². The number of halogens is 1. The fourth-order valence-electron chi connectivity index (χ4n) is 2.92. The number of guanidine groups is 1. The summed E-state index contributed by atoms with van der Waals surface area (Å²) >= 11 is 0. The summed E-state index contributed by atoms with van der Waals surface area (Å²) in [6, 6.07) is 0. The van der Waals surface area contributed by atoms with Crippen LogP contribution >= 0.6 is 24.0 Å². The number of rotatable bonds is 9. The van der Waals surface area contributed by atoms with Crippen molar-refractivity contribution in [2.45, 2.75) is 78.4 Å². The number of nitrogens with one attached hydrogen (secondary N) is 3. The third-order valence-electron chi connectivity index (χ3n) is 4.80. The van der Waals surface area contributed by atoms with E-state index in [2.05, 4.69) is 35.9 Å². The van der Waals surface area contributed by atoms with Gasteiger partial charge in [0.2, 0.25) is 0 Å².